The number of rotatable bonds is 5. The highest BCUT2D eigenvalue weighted by molar-refractivity contribution is 7.16. The summed E-state index contributed by atoms with van der Waals surface area (Å²) in [6.07, 6.45) is 1.14. The first-order valence-corrected chi connectivity index (χ1v) is 8.29. The van der Waals surface area contributed by atoms with Gasteiger partial charge < -0.3 is 5.32 Å². The molecule has 0 radical (unpaired) electrons. The average Bonchev–Trinajstić information content (AvgIpc) is 2.88. The monoisotopic (exact) mass is 299 g/mol. The molecule has 0 aromatic carbocycles. The average molecular weight is 300 g/mol. The van der Waals surface area contributed by atoms with E-state index in [0.29, 0.717) is 0 Å². The zero-order valence-corrected chi connectivity index (χ0v) is 13.3. The summed E-state index contributed by atoms with van der Waals surface area (Å²) in [7, 11) is 0. The molecule has 2 rings (SSSR count). The van der Waals surface area contributed by atoms with Crippen molar-refractivity contribution in [1.29, 1.82) is 0 Å². The molecule has 18 heavy (non-hydrogen) atoms. The van der Waals surface area contributed by atoms with Crippen LogP contribution in [0.5, 0.6) is 0 Å². The Bertz CT molecular complexity index is 496. The van der Waals surface area contributed by atoms with Gasteiger partial charge in [0.1, 0.15) is 0 Å². The first kappa shape index (κ1) is 14.1. The first-order valence-electron chi connectivity index (χ1n) is 6.15. The fourth-order valence-electron chi connectivity index (χ4n) is 1.94. The third-order valence-electron chi connectivity index (χ3n) is 2.97. The second-order valence-corrected chi connectivity index (χ2v) is 6.93. The van der Waals surface area contributed by atoms with Gasteiger partial charge in [0.2, 0.25) is 0 Å². The van der Waals surface area contributed by atoms with Crippen molar-refractivity contribution >= 4 is 34.3 Å². The molecule has 2 heterocycles. The number of hydrogen-bond donors (Lipinski definition) is 1. The second-order valence-electron chi connectivity index (χ2n) is 4.50. The van der Waals surface area contributed by atoms with E-state index in [1.807, 2.05) is 0 Å². The van der Waals surface area contributed by atoms with Crippen LogP contribution in [0.25, 0.3) is 0 Å². The van der Waals surface area contributed by atoms with Crippen molar-refractivity contribution in [2.75, 3.05) is 6.54 Å². The molecular formula is C14H18ClNS2. The van der Waals surface area contributed by atoms with Crippen LogP contribution >= 0.6 is 34.3 Å². The van der Waals surface area contributed by atoms with Gasteiger partial charge in [-0.05, 0) is 60.3 Å². The number of aryl methyl sites for hydroxylation is 2. The Kier molecular flexibility index (Phi) is 4.84. The lowest BCUT2D eigenvalue weighted by Crippen LogP contribution is -2.22. The van der Waals surface area contributed by atoms with Gasteiger partial charge in [0.05, 0.1) is 10.4 Å². The molecule has 0 amide bonds. The molecular weight excluding hydrogens is 282 g/mol. The van der Waals surface area contributed by atoms with Crippen LogP contribution in [0.4, 0.5) is 0 Å². The zero-order valence-electron chi connectivity index (χ0n) is 10.9. The molecule has 0 saturated carbocycles. The van der Waals surface area contributed by atoms with E-state index in [1.165, 1.54) is 21.6 Å². The van der Waals surface area contributed by atoms with Crippen LogP contribution < -0.4 is 5.32 Å². The van der Waals surface area contributed by atoms with Crippen molar-refractivity contribution in [2.45, 2.75) is 33.2 Å². The Hall–Kier alpha value is -0.350. The van der Waals surface area contributed by atoms with Crippen molar-refractivity contribution in [2.24, 2.45) is 0 Å². The van der Waals surface area contributed by atoms with Crippen LogP contribution in [0.3, 0.4) is 0 Å². The number of thiophene rings is 2. The first-order chi connectivity index (χ1) is 8.63. The van der Waals surface area contributed by atoms with E-state index < -0.39 is 0 Å². The minimum atomic E-state index is 0.285. The summed E-state index contributed by atoms with van der Waals surface area (Å²) in [5.74, 6) is 0. The van der Waals surface area contributed by atoms with Gasteiger partial charge >= 0.3 is 0 Å². The summed E-state index contributed by atoms with van der Waals surface area (Å²) < 4.78 is 0.904. The molecule has 1 nitrogen and oxygen atoms in total. The highest BCUT2D eigenvalue weighted by Crippen LogP contribution is 2.36. The minimum absolute atomic E-state index is 0.285. The predicted molar refractivity (Wildman–Crippen MR) is 83.3 cm³/mol. The molecule has 0 aliphatic carbocycles. The maximum absolute atomic E-state index is 6.20. The van der Waals surface area contributed by atoms with Crippen LogP contribution in [0.2, 0.25) is 4.34 Å². The highest BCUT2D eigenvalue weighted by atomic mass is 35.5. The van der Waals surface area contributed by atoms with E-state index in [-0.39, 0.29) is 6.04 Å². The molecule has 0 saturated heterocycles. The molecule has 0 fully saturated rings. The van der Waals surface area contributed by atoms with E-state index >= 15 is 0 Å². The third-order valence-corrected chi connectivity index (χ3v) is 5.47. The highest BCUT2D eigenvalue weighted by Gasteiger charge is 2.19. The van der Waals surface area contributed by atoms with E-state index in [9.17, 15) is 0 Å². The van der Waals surface area contributed by atoms with Crippen LogP contribution in [0.15, 0.2) is 16.8 Å². The summed E-state index contributed by atoms with van der Waals surface area (Å²) in [4.78, 5) is 1.31. The SMILES string of the molecule is CCCNC(c1cc(C)c(Cl)s1)c1cscc1C. The normalized spacial score (nSPS) is 12.9. The number of halogens is 1. The molecule has 1 atom stereocenters. The van der Waals surface area contributed by atoms with Crippen LogP contribution in [-0.2, 0) is 0 Å². The third kappa shape index (κ3) is 2.97. The van der Waals surface area contributed by atoms with E-state index in [0.717, 1.165) is 17.3 Å². The van der Waals surface area contributed by atoms with Gasteiger partial charge in [0, 0.05) is 4.88 Å². The molecule has 2 aromatic rings. The molecule has 2 aromatic heterocycles. The second kappa shape index (κ2) is 6.20. The van der Waals surface area contributed by atoms with Crippen molar-refractivity contribution in [3.8, 4) is 0 Å². The molecule has 98 valence electrons. The topological polar surface area (TPSA) is 12.0 Å². The summed E-state index contributed by atoms with van der Waals surface area (Å²) in [5, 5.41) is 8.08. The maximum atomic E-state index is 6.20. The number of nitrogens with one attached hydrogen (secondary N) is 1. The Morgan fingerprint density at radius 1 is 1.28 bits per heavy atom. The van der Waals surface area contributed by atoms with Gasteiger partial charge in [-0.3, -0.25) is 0 Å². The maximum Gasteiger partial charge on any atom is 0.0961 e. The predicted octanol–water partition coefficient (Wildman–Crippen LogP) is 5.17. The van der Waals surface area contributed by atoms with Gasteiger partial charge in [-0.15, -0.1) is 11.3 Å². The van der Waals surface area contributed by atoms with E-state index in [1.54, 1.807) is 22.7 Å². The summed E-state index contributed by atoms with van der Waals surface area (Å²) in [5.41, 5.74) is 3.91. The molecule has 4 heteroatoms. The molecule has 0 aliphatic rings. The summed E-state index contributed by atoms with van der Waals surface area (Å²) in [6, 6.07) is 2.49. The molecule has 0 aliphatic heterocycles. The standard InChI is InChI=1S/C14H18ClNS2/c1-4-5-16-13(11-8-17-7-10(11)3)12-6-9(2)14(15)18-12/h6-8,13,16H,4-5H2,1-3H3. The fourth-order valence-corrected chi connectivity index (χ4v) is 4.13. The molecule has 0 spiro atoms. The minimum Gasteiger partial charge on any atom is -0.306 e. The Morgan fingerprint density at radius 3 is 2.56 bits per heavy atom. The van der Waals surface area contributed by atoms with Crippen LogP contribution in [0, 0.1) is 13.8 Å². The molecule has 1 unspecified atom stereocenters. The molecule has 0 bridgehead atoms. The lowest BCUT2D eigenvalue weighted by Gasteiger charge is -2.17. The lowest BCUT2D eigenvalue weighted by molar-refractivity contribution is 0.605. The molecule has 1 N–H and O–H groups in total. The quantitative estimate of drug-likeness (QED) is 0.803. The fraction of sp³-hybridized carbons (Fsp3) is 0.429. The van der Waals surface area contributed by atoms with Crippen LogP contribution in [-0.4, -0.2) is 6.54 Å². The van der Waals surface area contributed by atoms with E-state index in [4.69, 9.17) is 11.6 Å². The Labute approximate surface area is 122 Å². The van der Waals surface area contributed by atoms with Gasteiger partial charge in [-0.25, -0.2) is 0 Å². The number of hydrogen-bond acceptors (Lipinski definition) is 3. The van der Waals surface area contributed by atoms with Gasteiger partial charge in [0.15, 0.2) is 0 Å². The van der Waals surface area contributed by atoms with Gasteiger partial charge in [-0.1, -0.05) is 18.5 Å². The van der Waals surface area contributed by atoms with Crippen molar-refractivity contribution < 1.29 is 0 Å². The largest absolute Gasteiger partial charge is 0.306 e. The van der Waals surface area contributed by atoms with Crippen molar-refractivity contribution in [1.82, 2.24) is 5.32 Å². The smallest absolute Gasteiger partial charge is 0.0961 e. The van der Waals surface area contributed by atoms with Crippen molar-refractivity contribution in [3.63, 3.8) is 0 Å². The Morgan fingerprint density at radius 2 is 2.06 bits per heavy atom. The van der Waals surface area contributed by atoms with E-state index in [2.05, 4.69) is 42.9 Å². The summed E-state index contributed by atoms with van der Waals surface area (Å²) in [6.45, 7) is 7.46. The zero-order chi connectivity index (χ0) is 13.1. The van der Waals surface area contributed by atoms with Gasteiger partial charge in [-0.2, -0.15) is 11.3 Å². The lowest BCUT2D eigenvalue weighted by atomic mass is 10.0. The van der Waals surface area contributed by atoms with Crippen molar-refractivity contribution in [3.05, 3.63) is 42.7 Å². The van der Waals surface area contributed by atoms with Crippen LogP contribution in [0.1, 0.15) is 41.0 Å². The summed E-state index contributed by atoms with van der Waals surface area (Å²) >= 11 is 9.65. The Balaban J connectivity index is 2.33. The van der Waals surface area contributed by atoms with Gasteiger partial charge in [0.25, 0.3) is 0 Å².